The van der Waals surface area contributed by atoms with Crippen LogP contribution >= 0.6 is 23.5 Å². The van der Waals surface area contributed by atoms with Crippen LogP contribution in [0.25, 0.3) is 0 Å². The van der Waals surface area contributed by atoms with Crippen molar-refractivity contribution in [3.05, 3.63) is 41.2 Å². The van der Waals surface area contributed by atoms with Crippen LogP contribution in [-0.4, -0.2) is 49.2 Å². The lowest BCUT2D eigenvalue weighted by Crippen LogP contribution is -2.32. The first-order chi connectivity index (χ1) is 13.2. The molecule has 146 valence electrons. The smallest absolute Gasteiger partial charge is 0.136 e. The van der Waals surface area contributed by atoms with Crippen LogP contribution in [0.4, 0.5) is 11.4 Å². The summed E-state index contributed by atoms with van der Waals surface area (Å²) in [5.74, 6) is 1.49. The third-order valence-corrected chi connectivity index (χ3v) is 6.84. The maximum absolute atomic E-state index is 8.18. The third kappa shape index (κ3) is 5.80. The second kappa shape index (κ2) is 10.2. The molecule has 0 bridgehead atoms. The second-order valence-electron chi connectivity index (χ2n) is 6.93. The molecule has 0 unspecified atom stereocenters. The first-order valence-electron chi connectivity index (χ1n) is 9.74. The summed E-state index contributed by atoms with van der Waals surface area (Å²) in [7, 11) is 0. The number of nitrogens with one attached hydrogen (secondary N) is 2. The van der Waals surface area contributed by atoms with Crippen molar-refractivity contribution in [3.63, 3.8) is 0 Å². The zero-order valence-corrected chi connectivity index (χ0v) is 17.8. The monoisotopic (exact) mass is 402 g/mol. The first-order valence-corrected chi connectivity index (χ1v) is 11.6. The predicted octanol–water partition coefficient (Wildman–Crippen LogP) is 5.25. The molecule has 0 amide bonds. The number of hydrogen-bond acceptors (Lipinski definition) is 5. The van der Waals surface area contributed by atoms with Gasteiger partial charge in [0.05, 0.1) is 5.69 Å². The molecule has 4 nitrogen and oxygen atoms in total. The van der Waals surface area contributed by atoms with Gasteiger partial charge in [-0.15, -0.1) is 11.8 Å². The topological polar surface area (TPSA) is 42.4 Å². The Hall–Kier alpha value is -1.37. The van der Waals surface area contributed by atoms with Gasteiger partial charge in [-0.05, 0) is 69.4 Å². The van der Waals surface area contributed by atoms with Gasteiger partial charge in [-0.3, -0.25) is 5.41 Å². The summed E-state index contributed by atoms with van der Waals surface area (Å²) in [5, 5.41) is 13.3. The molecule has 2 heterocycles. The molecule has 0 radical (unpaired) electrons. The SMILES string of the molecule is C=C(S/C=C\C)C(=N)Nc1ccc2c(c1)SCCN2CCCN1CCCC1. The number of fused-ring (bicyclic) bond motifs is 1. The van der Waals surface area contributed by atoms with Crippen LogP contribution in [-0.2, 0) is 0 Å². The van der Waals surface area contributed by atoms with Crippen LogP contribution in [0.2, 0.25) is 0 Å². The Morgan fingerprint density at radius 2 is 2.11 bits per heavy atom. The lowest BCUT2D eigenvalue weighted by molar-refractivity contribution is 0.334. The number of nitrogens with zero attached hydrogens (tertiary/aromatic N) is 2. The van der Waals surface area contributed by atoms with Gasteiger partial charge in [-0.2, -0.15) is 0 Å². The van der Waals surface area contributed by atoms with Crippen LogP contribution in [0.5, 0.6) is 0 Å². The van der Waals surface area contributed by atoms with E-state index in [0.29, 0.717) is 5.84 Å². The minimum atomic E-state index is 0.362. The average Bonchev–Trinajstić information content (AvgIpc) is 3.19. The van der Waals surface area contributed by atoms with Gasteiger partial charge in [-0.1, -0.05) is 24.4 Å². The van der Waals surface area contributed by atoms with Gasteiger partial charge in [0.25, 0.3) is 0 Å². The molecule has 1 fully saturated rings. The minimum Gasteiger partial charge on any atom is -0.370 e. The molecule has 2 aliphatic heterocycles. The number of hydrogen-bond donors (Lipinski definition) is 2. The molecule has 0 saturated carbocycles. The van der Waals surface area contributed by atoms with Crippen LogP contribution in [0.15, 0.2) is 46.1 Å². The summed E-state index contributed by atoms with van der Waals surface area (Å²) >= 11 is 3.39. The highest BCUT2D eigenvalue weighted by molar-refractivity contribution is 8.06. The molecule has 1 aromatic carbocycles. The van der Waals surface area contributed by atoms with E-state index in [1.54, 1.807) is 0 Å². The van der Waals surface area contributed by atoms with Crippen LogP contribution in [0, 0.1) is 5.41 Å². The Morgan fingerprint density at radius 1 is 1.30 bits per heavy atom. The van der Waals surface area contributed by atoms with E-state index in [1.807, 2.05) is 30.2 Å². The van der Waals surface area contributed by atoms with E-state index in [9.17, 15) is 0 Å². The van der Waals surface area contributed by atoms with Crippen LogP contribution < -0.4 is 10.2 Å². The summed E-state index contributed by atoms with van der Waals surface area (Å²) in [6.45, 7) is 12.0. The fourth-order valence-electron chi connectivity index (χ4n) is 3.50. The van der Waals surface area contributed by atoms with Gasteiger partial charge in [0, 0.05) is 34.3 Å². The molecule has 27 heavy (non-hydrogen) atoms. The maximum Gasteiger partial charge on any atom is 0.136 e. The number of rotatable bonds is 8. The number of likely N-dealkylation sites (tertiary alicyclic amines) is 1. The molecule has 0 aromatic heterocycles. The van der Waals surface area contributed by atoms with Crippen molar-refractivity contribution in [3.8, 4) is 0 Å². The molecule has 6 heteroatoms. The highest BCUT2D eigenvalue weighted by Gasteiger charge is 2.19. The predicted molar refractivity (Wildman–Crippen MR) is 123 cm³/mol. The zero-order valence-electron chi connectivity index (χ0n) is 16.2. The van der Waals surface area contributed by atoms with Crippen molar-refractivity contribution in [1.29, 1.82) is 5.41 Å². The zero-order chi connectivity index (χ0) is 19.1. The van der Waals surface area contributed by atoms with E-state index in [0.717, 1.165) is 29.4 Å². The molecule has 0 aliphatic carbocycles. The fourth-order valence-corrected chi connectivity index (χ4v) is 5.06. The molecule has 0 spiro atoms. The Labute approximate surface area is 172 Å². The Kier molecular flexibility index (Phi) is 7.73. The van der Waals surface area contributed by atoms with E-state index in [4.69, 9.17) is 5.41 Å². The van der Waals surface area contributed by atoms with Gasteiger partial charge in [0.15, 0.2) is 0 Å². The molecule has 2 aliphatic rings. The number of amidine groups is 1. The van der Waals surface area contributed by atoms with E-state index < -0.39 is 0 Å². The van der Waals surface area contributed by atoms with E-state index in [1.165, 1.54) is 61.2 Å². The minimum absolute atomic E-state index is 0.362. The van der Waals surface area contributed by atoms with Crippen LogP contribution in [0.1, 0.15) is 26.2 Å². The summed E-state index contributed by atoms with van der Waals surface area (Å²) < 4.78 is 0. The summed E-state index contributed by atoms with van der Waals surface area (Å²) in [5.41, 5.74) is 2.30. The van der Waals surface area contributed by atoms with Gasteiger partial charge < -0.3 is 15.1 Å². The summed E-state index contributed by atoms with van der Waals surface area (Å²) in [6.07, 6.45) is 5.93. The highest BCUT2D eigenvalue weighted by atomic mass is 32.2. The molecular weight excluding hydrogens is 372 g/mol. The van der Waals surface area contributed by atoms with Crippen molar-refractivity contribution < 1.29 is 0 Å². The van der Waals surface area contributed by atoms with Crippen molar-refractivity contribution >= 4 is 40.7 Å². The lowest BCUT2D eigenvalue weighted by Gasteiger charge is -2.31. The quantitative estimate of drug-likeness (QED) is 0.459. The average molecular weight is 403 g/mol. The summed E-state index contributed by atoms with van der Waals surface area (Å²) in [6, 6.07) is 6.46. The van der Waals surface area contributed by atoms with Gasteiger partial charge >= 0.3 is 0 Å². The standard InChI is InChI=1S/C21H30N4S2/c1-3-14-26-17(2)21(22)23-18-7-8-19-20(16-18)27-15-13-25(19)12-6-11-24-9-4-5-10-24/h3,7-8,14,16H,2,4-6,9-13,15H2,1H3,(H2,22,23)/b14-3-. The largest absolute Gasteiger partial charge is 0.370 e. The number of thioether (sulfide) groups is 2. The third-order valence-electron chi connectivity index (χ3n) is 4.91. The molecular formula is C21H30N4S2. The molecule has 1 aromatic rings. The van der Waals surface area contributed by atoms with E-state index in [2.05, 4.69) is 39.9 Å². The van der Waals surface area contributed by atoms with Crippen molar-refractivity contribution in [2.75, 3.05) is 48.7 Å². The molecule has 3 rings (SSSR count). The van der Waals surface area contributed by atoms with E-state index in [-0.39, 0.29) is 0 Å². The lowest BCUT2D eigenvalue weighted by atomic mass is 10.2. The molecule has 1 saturated heterocycles. The number of benzene rings is 1. The maximum atomic E-state index is 8.18. The van der Waals surface area contributed by atoms with Gasteiger partial charge in [0.2, 0.25) is 0 Å². The Morgan fingerprint density at radius 3 is 2.89 bits per heavy atom. The highest BCUT2D eigenvalue weighted by Crippen LogP contribution is 2.37. The summed E-state index contributed by atoms with van der Waals surface area (Å²) in [4.78, 5) is 7.16. The first kappa shape index (κ1) is 20.4. The normalized spacial score (nSPS) is 17.3. The number of allylic oxidation sites excluding steroid dienone is 1. The van der Waals surface area contributed by atoms with Crippen molar-refractivity contribution in [2.45, 2.75) is 31.1 Å². The van der Waals surface area contributed by atoms with Gasteiger partial charge in [-0.25, -0.2) is 0 Å². The number of anilines is 2. The molecule has 0 atom stereocenters. The second-order valence-corrected chi connectivity index (χ2v) is 9.07. The fraction of sp³-hybridized carbons (Fsp3) is 0.476. The van der Waals surface area contributed by atoms with Gasteiger partial charge in [0.1, 0.15) is 5.84 Å². The Bertz CT molecular complexity index is 695. The van der Waals surface area contributed by atoms with Crippen molar-refractivity contribution in [1.82, 2.24) is 4.90 Å². The molecule has 2 N–H and O–H groups in total. The Balaban J connectivity index is 1.57. The van der Waals surface area contributed by atoms with Crippen LogP contribution in [0.3, 0.4) is 0 Å². The van der Waals surface area contributed by atoms with Crippen molar-refractivity contribution in [2.24, 2.45) is 0 Å². The van der Waals surface area contributed by atoms with E-state index >= 15 is 0 Å².